The third-order valence-electron chi connectivity index (χ3n) is 6.28. The standard InChI is InChI=1S/C29H24N2O5S/c32-19-8-9-22-26(15-19)36-28-23(27(22)20-6-1-2-7-21(20)29(34)35)10-11-25(33)24(28)17-31(13-14-37)16-18-5-3-4-12-30-18/h1-12,15,33,37H,13-14,16-17H2,(H,34,35). The Hall–Kier alpha value is -4.14. The minimum absolute atomic E-state index is 0.0385. The number of aromatic hydroxyl groups is 1. The van der Waals surface area contributed by atoms with Gasteiger partial charge in [-0.25, -0.2) is 4.79 Å². The van der Waals surface area contributed by atoms with Gasteiger partial charge < -0.3 is 14.6 Å². The van der Waals surface area contributed by atoms with Crippen LogP contribution in [-0.4, -0.2) is 38.4 Å². The Balaban J connectivity index is 1.75. The Morgan fingerprint density at radius 2 is 1.78 bits per heavy atom. The van der Waals surface area contributed by atoms with E-state index < -0.39 is 5.97 Å². The first-order valence-electron chi connectivity index (χ1n) is 11.7. The Morgan fingerprint density at radius 1 is 0.973 bits per heavy atom. The molecule has 0 spiro atoms. The molecule has 0 atom stereocenters. The highest BCUT2D eigenvalue weighted by Gasteiger charge is 2.24. The van der Waals surface area contributed by atoms with Crippen molar-refractivity contribution >= 4 is 29.6 Å². The van der Waals surface area contributed by atoms with E-state index in [0.717, 1.165) is 5.69 Å². The summed E-state index contributed by atoms with van der Waals surface area (Å²) in [6.07, 6.45) is 1.73. The van der Waals surface area contributed by atoms with Gasteiger partial charge in [0.2, 0.25) is 0 Å². The number of nitrogens with zero attached hydrogens (tertiary/aromatic N) is 2. The lowest BCUT2D eigenvalue weighted by molar-refractivity contribution is 0.0697. The molecule has 1 aromatic heterocycles. The zero-order valence-electron chi connectivity index (χ0n) is 19.8. The van der Waals surface area contributed by atoms with E-state index in [2.05, 4.69) is 22.5 Å². The minimum Gasteiger partial charge on any atom is -0.507 e. The summed E-state index contributed by atoms with van der Waals surface area (Å²) in [6.45, 7) is 1.49. The second kappa shape index (κ2) is 10.5. The molecule has 0 unspecified atom stereocenters. The minimum atomic E-state index is -1.06. The van der Waals surface area contributed by atoms with Gasteiger partial charge in [0.15, 0.2) is 5.43 Å². The van der Waals surface area contributed by atoms with E-state index in [0.29, 0.717) is 64.4 Å². The summed E-state index contributed by atoms with van der Waals surface area (Å²) >= 11 is 4.41. The van der Waals surface area contributed by atoms with Crippen LogP contribution < -0.4 is 5.43 Å². The van der Waals surface area contributed by atoms with E-state index in [1.807, 2.05) is 18.2 Å². The SMILES string of the molecule is O=C(O)c1ccccc1-c1c2ccc(=O)cc-2oc2c(CN(CCS)Cc3ccccn3)c(O)ccc12. The number of carboxylic acids is 1. The van der Waals surface area contributed by atoms with E-state index in [1.54, 1.807) is 48.7 Å². The van der Waals surface area contributed by atoms with Crippen molar-refractivity contribution < 1.29 is 19.4 Å². The van der Waals surface area contributed by atoms with Crippen molar-refractivity contribution in [2.75, 3.05) is 12.3 Å². The van der Waals surface area contributed by atoms with Gasteiger partial charge in [-0.3, -0.25) is 14.7 Å². The van der Waals surface area contributed by atoms with Crippen LogP contribution in [0.5, 0.6) is 5.75 Å². The molecule has 186 valence electrons. The molecule has 37 heavy (non-hydrogen) atoms. The molecule has 2 N–H and O–H groups in total. The second-order valence-electron chi connectivity index (χ2n) is 8.68. The number of aromatic carboxylic acids is 1. The second-order valence-corrected chi connectivity index (χ2v) is 9.13. The lowest BCUT2D eigenvalue weighted by Crippen LogP contribution is -2.25. The van der Waals surface area contributed by atoms with Crippen molar-refractivity contribution in [3.63, 3.8) is 0 Å². The van der Waals surface area contributed by atoms with E-state index in [4.69, 9.17) is 4.42 Å². The number of rotatable bonds is 8. The molecule has 2 heterocycles. The van der Waals surface area contributed by atoms with Gasteiger partial charge in [-0.05, 0) is 48.0 Å². The first-order chi connectivity index (χ1) is 18.0. The van der Waals surface area contributed by atoms with Crippen LogP contribution in [0.2, 0.25) is 0 Å². The molecular formula is C29H24N2O5S. The normalized spacial score (nSPS) is 11.4. The topological polar surface area (TPSA) is 104 Å². The molecule has 0 radical (unpaired) electrons. The average Bonchev–Trinajstić information content (AvgIpc) is 2.89. The number of pyridine rings is 1. The summed E-state index contributed by atoms with van der Waals surface area (Å²) in [6, 6.07) is 20.2. The van der Waals surface area contributed by atoms with Crippen molar-refractivity contribution in [2.45, 2.75) is 13.1 Å². The highest BCUT2D eigenvalue weighted by atomic mass is 32.1. The fourth-order valence-corrected chi connectivity index (χ4v) is 4.89. The van der Waals surface area contributed by atoms with E-state index in [9.17, 15) is 19.8 Å². The number of aromatic nitrogens is 1. The molecule has 0 fully saturated rings. The molecule has 2 aromatic carbocycles. The molecule has 0 amide bonds. The summed E-state index contributed by atoms with van der Waals surface area (Å²) in [7, 11) is 0. The Labute approximate surface area is 218 Å². The lowest BCUT2D eigenvalue weighted by atomic mass is 9.90. The highest BCUT2D eigenvalue weighted by molar-refractivity contribution is 7.80. The fraction of sp³-hybridized carbons (Fsp3) is 0.138. The van der Waals surface area contributed by atoms with Gasteiger partial charge in [0.1, 0.15) is 17.1 Å². The molecule has 2 aliphatic rings. The fourth-order valence-electron chi connectivity index (χ4n) is 4.61. The molecule has 8 heteroatoms. The zero-order chi connectivity index (χ0) is 25.9. The molecular weight excluding hydrogens is 488 g/mol. The largest absolute Gasteiger partial charge is 0.507 e. The molecule has 1 aliphatic heterocycles. The molecule has 7 nitrogen and oxygen atoms in total. The number of carboxylic acid groups (broad SMARTS) is 1. The van der Waals surface area contributed by atoms with Gasteiger partial charge in [0.25, 0.3) is 0 Å². The number of hydrogen-bond acceptors (Lipinski definition) is 7. The average molecular weight is 513 g/mol. The Morgan fingerprint density at radius 3 is 2.54 bits per heavy atom. The van der Waals surface area contributed by atoms with Crippen LogP contribution in [0.25, 0.3) is 33.4 Å². The predicted molar refractivity (Wildman–Crippen MR) is 145 cm³/mol. The van der Waals surface area contributed by atoms with Gasteiger partial charge in [-0.1, -0.05) is 24.3 Å². The number of phenols is 1. The van der Waals surface area contributed by atoms with Crippen molar-refractivity contribution in [1.82, 2.24) is 9.88 Å². The molecule has 5 rings (SSSR count). The number of hydrogen-bond donors (Lipinski definition) is 3. The number of thiol groups is 1. The number of benzene rings is 3. The van der Waals surface area contributed by atoms with Gasteiger partial charge in [-0.2, -0.15) is 12.6 Å². The smallest absolute Gasteiger partial charge is 0.336 e. The van der Waals surface area contributed by atoms with Crippen LogP contribution in [0.15, 0.2) is 88.2 Å². The number of fused-ring (bicyclic) bond motifs is 2. The summed E-state index contributed by atoms with van der Waals surface area (Å²) in [5.41, 5.74) is 3.42. The monoisotopic (exact) mass is 512 g/mol. The van der Waals surface area contributed by atoms with Crippen LogP contribution in [0.3, 0.4) is 0 Å². The summed E-state index contributed by atoms with van der Waals surface area (Å²) in [5.74, 6) is -0.119. The number of phenolic OH excluding ortho intramolecular Hbond substituents is 1. The Kier molecular flexibility index (Phi) is 6.94. The van der Waals surface area contributed by atoms with Crippen LogP contribution >= 0.6 is 12.6 Å². The van der Waals surface area contributed by atoms with Crippen molar-refractivity contribution in [3.05, 3.63) is 106 Å². The molecule has 3 aromatic rings. The van der Waals surface area contributed by atoms with Gasteiger partial charge in [-0.15, -0.1) is 0 Å². The van der Waals surface area contributed by atoms with E-state index >= 15 is 0 Å². The first-order valence-corrected chi connectivity index (χ1v) is 12.4. The zero-order valence-corrected chi connectivity index (χ0v) is 20.7. The summed E-state index contributed by atoms with van der Waals surface area (Å²) in [4.78, 5) is 30.8. The number of carbonyl (C=O) groups is 1. The molecule has 0 bridgehead atoms. The Bertz CT molecular complexity index is 1620. The van der Waals surface area contributed by atoms with E-state index in [-0.39, 0.29) is 16.7 Å². The maximum Gasteiger partial charge on any atom is 0.336 e. The van der Waals surface area contributed by atoms with Crippen LogP contribution in [0.4, 0.5) is 0 Å². The highest BCUT2D eigenvalue weighted by Crippen LogP contribution is 2.43. The molecule has 0 saturated heterocycles. The maximum atomic E-state index is 12.2. The quantitative estimate of drug-likeness (QED) is 0.192. The third-order valence-corrected chi connectivity index (χ3v) is 6.48. The molecule has 0 saturated carbocycles. The third kappa shape index (κ3) is 4.94. The van der Waals surface area contributed by atoms with Gasteiger partial charge >= 0.3 is 5.97 Å². The lowest BCUT2D eigenvalue weighted by Gasteiger charge is -2.23. The van der Waals surface area contributed by atoms with Crippen LogP contribution in [-0.2, 0) is 13.1 Å². The summed E-state index contributed by atoms with van der Waals surface area (Å²) in [5, 5.41) is 21.5. The van der Waals surface area contributed by atoms with Crippen molar-refractivity contribution in [1.29, 1.82) is 0 Å². The van der Waals surface area contributed by atoms with E-state index in [1.165, 1.54) is 12.1 Å². The molecule has 1 aliphatic carbocycles. The van der Waals surface area contributed by atoms with Crippen LogP contribution in [0, 0.1) is 0 Å². The van der Waals surface area contributed by atoms with Crippen molar-refractivity contribution in [3.8, 4) is 28.2 Å². The van der Waals surface area contributed by atoms with Crippen molar-refractivity contribution in [2.24, 2.45) is 0 Å². The van der Waals surface area contributed by atoms with Gasteiger partial charge in [0.05, 0.1) is 16.8 Å². The van der Waals surface area contributed by atoms with Gasteiger partial charge in [0, 0.05) is 54.2 Å². The predicted octanol–water partition coefficient (Wildman–Crippen LogP) is 5.30. The maximum absolute atomic E-state index is 12.2. The van der Waals surface area contributed by atoms with Crippen LogP contribution in [0.1, 0.15) is 21.6 Å². The first kappa shape index (κ1) is 24.5. The summed E-state index contributed by atoms with van der Waals surface area (Å²) < 4.78 is 6.26.